The Kier molecular flexibility index (Phi) is 5.80. The SMILES string of the molecule is C[C@H](N)C(=O)NCc1cccc(-n2nc(C(F)(F)F)cc2-c2nnc(-c3cc4ccccc4o3)o2)c1. The highest BCUT2D eigenvalue weighted by molar-refractivity contribution is 5.81. The first kappa shape index (κ1) is 23.3. The first-order valence-corrected chi connectivity index (χ1v) is 10.8. The topological polar surface area (TPSA) is 125 Å². The predicted octanol–water partition coefficient (Wildman–Crippen LogP) is 4.32. The molecule has 2 aromatic carbocycles. The fourth-order valence-corrected chi connectivity index (χ4v) is 3.53. The molecule has 184 valence electrons. The summed E-state index contributed by atoms with van der Waals surface area (Å²) in [7, 11) is 0. The van der Waals surface area contributed by atoms with Crippen LogP contribution < -0.4 is 11.1 Å². The number of nitrogens with zero attached hydrogens (tertiary/aromatic N) is 4. The molecule has 3 N–H and O–H groups in total. The second kappa shape index (κ2) is 8.96. The number of nitrogens with two attached hydrogens (primary N) is 1. The number of furan rings is 1. The van der Waals surface area contributed by atoms with Gasteiger partial charge in [0.2, 0.25) is 5.91 Å². The van der Waals surface area contributed by atoms with Gasteiger partial charge in [0.05, 0.1) is 11.7 Å². The number of benzene rings is 2. The Morgan fingerprint density at radius 1 is 1.06 bits per heavy atom. The van der Waals surface area contributed by atoms with Crippen LogP contribution in [0.1, 0.15) is 18.2 Å². The number of rotatable bonds is 6. The van der Waals surface area contributed by atoms with Gasteiger partial charge >= 0.3 is 6.18 Å². The fourth-order valence-electron chi connectivity index (χ4n) is 3.53. The molecule has 0 aliphatic carbocycles. The standard InChI is InChI=1S/C24H19F3N6O3/c1-13(28)21(34)29-12-14-5-4-7-16(9-14)33-17(11-20(32-33)24(25,26)27)22-30-31-23(36-22)19-10-15-6-2-3-8-18(15)35-19/h2-11,13H,12,28H2,1H3,(H,29,34)/t13-/m0/s1. The zero-order chi connectivity index (χ0) is 25.4. The summed E-state index contributed by atoms with van der Waals surface area (Å²) in [6.45, 7) is 1.68. The molecule has 1 amide bonds. The van der Waals surface area contributed by atoms with Crippen molar-refractivity contribution in [1.29, 1.82) is 0 Å². The quantitative estimate of drug-likeness (QED) is 0.359. The third-order valence-corrected chi connectivity index (χ3v) is 5.32. The van der Waals surface area contributed by atoms with E-state index in [9.17, 15) is 18.0 Å². The Balaban J connectivity index is 1.52. The van der Waals surface area contributed by atoms with Crippen molar-refractivity contribution in [3.05, 3.63) is 71.9 Å². The van der Waals surface area contributed by atoms with Gasteiger partial charge in [-0.1, -0.05) is 30.3 Å². The average molecular weight is 496 g/mol. The number of hydrogen-bond donors (Lipinski definition) is 2. The maximum Gasteiger partial charge on any atom is 0.435 e. The maximum atomic E-state index is 13.5. The van der Waals surface area contributed by atoms with Crippen LogP contribution in [0.2, 0.25) is 0 Å². The Labute approximate surface area is 201 Å². The molecule has 5 rings (SSSR count). The number of aromatic nitrogens is 4. The molecule has 0 saturated heterocycles. The molecule has 0 spiro atoms. The van der Waals surface area contributed by atoms with Gasteiger partial charge < -0.3 is 19.9 Å². The van der Waals surface area contributed by atoms with Crippen molar-refractivity contribution >= 4 is 16.9 Å². The van der Waals surface area contributed by atoms with E-state index in [0.717, 1.165) is 16.1 Å². The fraction of sp³-hybridized carbons (Fsp3) is 0.167. The molecule has 36 heavy (non-hydrogen) atoms. The van der Waals surface area contributed by atoms with Crippen molar-refractivity contribution in [3.8, 4) is 28.9 Å². The monoisotopic (exact) mass is 496 g/mol. The lowest BCUT2D eigenvalue weighted by Crippen LogP contribution is -2.37. The molecule has 3 aromatic heterocycles. The van der Waals surface area contributed by atoms with Gasteiger partial charge in [-0.25, -0.2) is 4.68 Å². The van der Waals surface area contributed by atoms with E-state index in [4.69, 9.17) is 14.6 Å². The Morgan fingerprint density at radius 2 is 1.83 bits per heavy atom. The van der Waals surface area contributed by atoms with Gasteiger partial charge in [0, 0.05) is 18.0 Å². The Bertz CT molecular complexity index is 1520. The summed E-state index contributed by atoms with van der Waals surface area (Å²) >= 11 is 0. The van der Waals surface area contributed by atoms with Crippen LogP contribution in [-0.2, 0) is 17.5 Å². The highest BCUT2D eigenvalue weighted by Gasteiger charge is 2.36. The first-order valence-electron chi connectivity index (χ1n) is 10.8. The normalized spacial score (nSPS) is 12.7. The van der Waals surface area contributed by atoms with Crippen LogP contribution in [0, 0.1) is 0 Å². The largest absolute Gasteiger partial charge is 0.451 e. The van der Waals surface area contributed by atoms with E-state index in [1.165, 1.54) is 0 Å². The number of amides is 1. The Morgan fingerprint density at radius 3 is 2.58 bits per heavy atom. The lowest BCUT2D eigenvalue weighted by molar-refractivity contribution is -0.141. The summed E-state index contributed by atoms with van der Waals surface area (Å²) in [5.74, 6) is -0.244. The van der Waals surface area contributed by atoms with E-state index >= 15 is 0 Å². The van der Waals surface area contributed by atoms with Crippen LogP contribution in [-0.4, -0.2) is 31.9 Å². The van der Waals surface area contributed by atoms with Gasteiger partial charge in [0.1, 0.15) is 11.3 Å². The average Bonchev–Trinajstić information content (AvgIpc) is 3.59. The van der Waals surface area contributed by atoms with Gasteiger partial charge in [-0.3, -0.25) is 4.79 Å². The molecular weight excluding hydrogens is 477 g/mol. The van der Waals surface area contributed by atoms with Gasteiger partial charge in [0.15, 0.2) is 11.5 Å². The molecule has 0 unspecified atom stereocenters. The number of carbonyl (C=O) groups excluding carboxylic acids is 1. The second-order valence-corrected chi connectivity index (χ2v) is 8.06. The molecule has 1 atom stereocenters. The number of carbonyl (C=O) groups is 1. The van der Waals surface area contributed by atoms with E-state index in [-0.39, 0.29) is 35.7 Å². The van der Waals surface area contributed by atoms with Crippen molar-refractivity contribution in [2.75, 3.05) is 0 Å². The number of halogens is 3. The van der Waals surface area contributed by atoms with Crippen molar-refractivity contribution in [2.24, 2.45) is 5.73 Å². The summed E-state index contributed by atoms with van der Waals surface area (Å²) < 4.78 is 53.1. The van der Waals surface area contributed by atoms with E-state index < -0.39 is 17.9 Å². The van der Waals surface area contributed by atoms with Crippen LogP contribution in [0.15, 0.2) is 69.5 Å². The zero-order valence-electron chi connectivity index (χ0n) is 18.8. The summed E-state index contributed by atoms with van der Waals surface area (Å²) in [5, 5.41) is 15.1. The first-order chi connectivity index (χ1) is 17.2. The van der Waals surface area contributed by atoms with Gasteiger partial charge in [0.25, 0.3) is 11.8 Å². The molecule has 5 aromatic rings. The summed E-state index contributed by atoms with van der Waals surface area (Å²) in [6.07, 6.45) is -4.70. The minimum atomic E-state index is -4.70. The number of para-hydroxylation sites is 1. The van der Waals surface area contributed by atoms with Crippen LogP contribution in [0.25, 0.3) is 39.9 Å². The molecular formula is C24H19F3N6O3. The van der Waals surface area contributed by atoms with Crippen LogP contribution >= 0.6 is 0 Å². The molecule has 12 heteroatoms. The molecule has 0 aliphatic heterocycles. The zero-order valence-corrected chi connectivity index (χ0v) is 18.8. The molecule has 0 fully saturated rings. The summed E-state index contributed by atoms with van der Waals surface area (Å²) in [5.41, 5.74) is 5.90. The molecule has 0 saturated carbocycles. The minimum Gasteiger partial charge on any atom is -0.451 e. The van der Waals surface area contributed by atoms with Crippen molar-refractivity contribution in [3.63, 3.8) is 0 Å². The van der Waals surface area contributed by atoms with Crippen LogP contribution in [0.5, 0.6) is 0 Å². The third kappa shape index (κ3) is 4.58. The molecule has 0 aliphatic rings. The highest BCUT2D eigenvalue weighted by Crippen LogP contribution is 2.34. The van der Waals surface area contributed by atoms with Crippen molar-refractivity contribution in [2.45, 2.75) is 25.7 Å². The lowest BCUT2D eigenvalue weighted by Gasteiger charge is -2.10. The summed E-state index contributed by atoms with van der Waals surface area (Å²) in [4.78, 5) is 11.8. The van der Waals surface area contributed by atoms with Crippen LogP contribution in [0.4, 0.5) is 13.2 Å². The summed E-state index contributed by atoms with van der Waals surface area (Å²) in [6, 6.07) is 15.6. The van der Waals surface area contributed by atoms with Gasteiger partial charge in [-0.15, -0.1) is 10.2 Å². The predicted molar refractivity (Wildman–Crippen MR) is 123 cm³/mol. The number of fused-ring (bicyclic) bond motifs is 1. The molecule has 0 bridgehead atoms. The van der Waals surface area contributed by atoms with Gasteiger partial charge in [-0.2, -0.15) is 18.3 Å². The van der Waals surface area contributed by atoms with E-state index in [1.807, 2.05) is 18.2 Å². The number of nitrogens with one attached hydrogen (secondary N) is 1. The molecule has 0 radical (unpaired) electrons. The van der Waals surface area contributed by atoms with E-state index in [0.29, 0.717) is 16.8 Å². The van der Waals surface area contributed by atoms with E-state index in [2.05, 4.69) is 20.6 Å². The maximum absolute atomic E-state index is 13.5. The molecule has 9 nitrogen and oxygen atoms in total. The smallest absolute Gasteiger partial charge is 0.435 e. The Hall–Kier alpha value is -4.45. The van der Waals surface area contributed by atoms with Gasteiger partial charge in [-0.05, 0) is 36.8 Å². The highest BCUT2D eigenvalue weighted by atomic mass is 19.4. The minimum absolute atomic E-state index is 0.00914. The lowest BCUT2D eigenvalue weighted by atomic mass is 10.2. The van der Waals surface area contributed by atoms with Crippen LogP contribution in [0.3, 0.4) is 0 Å². The number of alkyl halides is 3. The van der Waals surface area contributed by atoms with Crippen molar-refractivity contribution < 1.29 is 26.8 Å². The number of hydrogen-bond acceptors (Lipinski definition) is 7. The van der Waals surface area contributed by atoms with Crippen molar-refractivity contribution in [1.82, 2.24) is 25.3 Å². The third-order valence-electron chi connectivity index (χ3n) is 5.32. The molecule has 3 heterocycles. The van der Waals surface area contributed by atoms with E-state index in [1.54, 1.807) is 43.3 Å². The second-order valence-electron chi connectivity index (χ2n) is 8.06.